The number of rotatable bonds is 7. The van der Waals surface area contributed by atoms with Crippen molar-refractivity contribution in [2.45, 2.75) is 44.9 Å². The first-order chi connectivity index (χ1) is 12.9. The van der Waals surface area contributed by atoms with Crippen molar-refractivity contribution in [2.24, 2.45) is 0 Å². The first kappa shape index (κ1) is 19.2. The van der Waals surface area contributed by atoms with Crippen LogP contribution in [0, 0.1) is 0 Å². The highest BCUT2D eigenvalue weighted by atomic mass is 16.5. The van der Waals surface area contributed by atoms with Crippen LogP contribution in [0.3, 0.4) is 0 Å². The number of nitrogens with one attached hydrogen (secondary N) is 1. The van der Waals surface area contributed by atoms with Crippen LogP contribution in [0.15, 0.2) is 24.3 Å². The van der Waals surface area contributed by atoms with Crippen LogP contribution in [0.25, 0.3) is 0 Å². The maximum atomic E-state index is 12.4. The van der Waals surface area contributed by atoms with Crippen molar-refractivity contribution in [3.63, 3.8) is 0 Å². The summed E-state index contributed by atoms with van der Waals surface area (Å²) in [5.41, 5.74) is 0.598. The van der Waals surface area contributed by atoms with Crippen LogP contribution < -0.4 is 15.0 Å². The Morgan fingerprint density at radius 1 is 1.33 bits per heavy atom. The smallest absolute Gasteiger partial charge is 0.317 e. The van der Waals surface area contributed by atoms with Crippen LogP contribution >= 0.6 is 0 Å². The zero-order valence-electron chi connectivity index (χ0n) is 15.6. The van der Waals surface area contributed by atoms with Gasteiger partial charge >= 0.3 is 5.97 Å². The number of likely N-dealkylation sites (N-methyl/N-ethyl adjacent to an activating group) is 1. The number of ether oxygens (including phenoxy) is 1. The van der Waals surface area contributed by atoms with E-state index in [-0.39, 0.29) is 37.0 Å². The fourth-order valence-electron chi connectivity index (χ4n) is 3.62. The second kappa shape index (κ2) is 7.96. The summed E-state index contributed by atoms with van der Waals surface area (Å²) in [7, 11) is 0. The molecule has 1 unspecified atom stereocenters. The summed E-state index contributed by atoms with van der Waals surface area (Å²) in [5, 5.41) is 11.9. The number of fused-ring (bicyclic) bond motifs is 1. The first-order valence-electron chi connectivity index (χ1n) is 9.21. The molecule has 2 N–H and O–H groups in total. The Bertz CT molecular complexity index is 732. The fourth-order valence-corrected chi connectivity index (χ4v) is 3.62. The summed E-state index contributed by atoms with van der Waals surface area (Å²) in [6.07, 6.45) is 0.809. The molecule has 1 atom stereocenters. The number of amides is 2. The van der Waals surface area contributed by atoms with Crippen molar-refractivity contribution < 1.29 is 24.2 Å². The summed E-state index contributed by atoms with van der Waals surface area (Å²) >= 11 is 0. The number of para-hydroxylation sites is 2. The predicted molar refractivity (Wildman–Crippen MR) is 98.7 cm³/mol. The summed E-state index contributed by atoms with van der Waals surface area (Å²) in [5.74, 6) is -0.720. The van der Waals surface area contributed by atoms with E-state index in [0.717, 1.165) is 12.8 Å². The Morgan fingerprint density at radius 3 is 2.70 bits per heavy atom. The second-order valence-electron chi connectivity index (χ2n) is 7.00. The van der Waals surface area contributed by atoms with E-state index in [0.29, 0.717) is 18.0 Å². The topological polar surface area (TPSA) is 99.2 Å². The van der Waals surface area contributed by atoms with Gasteiger partial charge in [-0.3, -0.25) is 24.2 Å². The van der Waals surface area contributed by atoms with Gasteiger partial charge in [0.05, 0.1) is 12.2 Å². The third-order valence-corrected chi connectivity index (χ3v) is 5.11. The van der Waals surface area contributed by atoms with E-state index in [1.807, 2.05) is 17.9 Å². The molecule has 1 aromatic carbocycles. The summed E-state index contributed by atoms with van der Waals surface area (Å²) in [6.45, 7) is 4.21. The molecule has 1 saturated carbocycles. The largest absolute Gasteiger partial charge is 0.480 e. The van der Waals surface area contributed by atoms with Gasteiger partial charge in [0.25, 0.3) is 5.91 Å². The van der Waals surface area contributed by atoms with Gasteiger partial charge in [-0.2, -0.15) is 0 Å². The SMILES string of the molecule is CCN(CC(=O)O)C1CC(NC(=O)CN2C(=O)C(C)Oc3ccccc32)C1. The van der Waals surface area contributed by atoms with Gasteiger partial charge in [-0.25, -0.2) is 0 Å². The van der Waals surface area contributed by atoms with Gasteiger partial charge in [-0.1, -0.05) is 19.1 Å². The number of hydrogen-bond acceptors (Lipinski definition) is 5. The third kappa shape index (κ3) is 4.21. The van der Waals surface area contributed by atoms with Crippen LogP contribution in [0.2, 0.25) is 0 Å². The second-order valence-corrected chi connectivity index (χ2v) is 7.00. The van der Waals surface area contributed by atoms with Crippen molar-refractivity contribution in [1.82, 2.24) is 10.2 Å². The highest BCUT2D eigenvalue weighted by molar-refractivity contribution is 6.03. The average molecular weight is 375 g/mol. The standard InChI is InChI=1S/C19H25N3O5/c1-3-21(11-18(24)25)14-8-13(9-14)20-17(23)10-22-15-6-4-5-7-16(15)27-12(2)19(22)26/h4-7,12-14H,3,8-11H2,1-2H3,(H,20,23)(H,24,25). The molecule has 2 aliphatic rings. The molecule has 0 saturated heterocycles. The van der Waals surface area contributed by atoms with Gasteiger partial charge in [0.1, 0.15) is 12.3 Å². The number of carboxylic acids is 1. The maximum Gasteiger partial charge on any atom is 0.317 e. The molecule has 1 aromatic rings. The molecule has 0 bridgehead atoms. The minimum Gasteiger partial charge on any atom is -0.480 e. The average Bonchev–Trinajstić information content (AvgIpc) is 2.59. The fraction of sp³-hybridized carbons (Fsp3) is 0.526. The number of benzene rings is 1. The highest BCUT2D eigenvalue weighted by Gasteiger charge is 2.36. The minimum absolute atomic E-state index is 0.00848. The molecule has 1 aliphatic carbocycles. The molecule has 8 nitrogen and oxygen atoms in total. The molecule has 1 aliphatic heterocycles. The molecule has 8 heteroatoms. The predicted octanol–water partition coefficient (Wildman–Crippen LogP) is 0.854. The van der Waals surface area contributed by atoms with Gasteiger partial charge in [-0.05, 0) is 38.4 Å². The highest BCUT2D eigenvalue weighted by Crippen LogP contribution is 2.33. The van der Waals surface area contributed by atoms with Crippen LogP contribution in [0.4, 0.5) is 5.69 Å². The Labute approximate surface area is 158 Å². The lowest BCUT2D eigenvalue weighted by molar-refractivity contribution is -0.139. The monoisotopic (exact) mass is 375 g/mol. The van der Waals surface area contributed by atoms with Gasteiger partial charge in [0.2, 0.25) is 5.91 Å². The number of carbonyl (C=O) groups is 3. The first-order valence-corrected chi connectivity index (χ1v) is 9.21. The lowest BCUT2D eigenvalue weighted by Crippen LogP contribution is -2.57. The molecule has 2 amide bonds. The summed E-state index contributed by atoms with van der Waals surface area (Å²) < 4.78 is 5.58. The van der Waals surface area contributed by atoms with Crippen molar-refractivity contribution >= 4 is 23.5 Å². The Hall–Kier alpha value is -2.61. The van der Waals surface area contributed by atoms with Gasteiger partial charge < -0.3 is 15.2 Å². The van der Waals surface area contributed by atoms with Crippen LogP contribution in [-0.4, -0.2) is 65.6 Å². The van der Waals surface area contributed by atoms with E-state index >= 15 is 0 Å². The Balaban J connectivity index is 1.55. The number of carbonyl (C=O) groups excluding carboxylic acids is 2. The number of aliphatic carboxylic acids is 1. The zero-order valence-corrected chi connectivity index (χ0v) is 15.6. The lowest BCUT2D eigenvalue weighted by Gasteiger charge is -2.42. The Kier molecular flexibility index (Phi) is 5.65. The van der Waals surface area contributed by atoms with Crippen LogP contribution in [0.5, 0.6) is 5.75 Å². The quantitative estimate of drug-likeness (QED) is 0.733. The lowest BCUT2D eigenvalue weighted by atomic mass is 9.85. The third-order valence-electron chi connectivity index (χ3n) is 5.11. The van der Waals surface area contributed by atoms with E-state index in [4.69, 9.17) is 9.84 Å². The van der Waals surface area contributed by atoms with Gasteiger partial charge in [-0.15, -0.1) is 0 Å². The molecule has 0 radical (unpaired) electrons. The number of nitrogens with zero attached hydrogens (tertiary/aromatic N) is 2. The molecule has 27 heavy (non-hydrogen) atoms. The van der Waals surface area contributed by atoms with E-state index in [1.165, 1.54) is 4.90 Å². The van der Waals surface area contributed by atoms with Gasteiger partial charge in [0.15, 0.2) is 6.10 Å². The molecule has 0 spiro atoms. The molecular weight excluding hydrogens is 350 g/mol. The molecule has 1 fully saturated rings. The molecule has 1 heterocycles. The summed E-state index contributed by atoms with van der Waals surface area (Å²) in [4.78, 5) is 39.1. The van der Waals surface area contributed by atoms with Crippen molar-refractivity contribution in [3.8, 4) is 5.75 Å². The molecule has 0 aromatic heterocycles. The molecule has 3 rings (SSSR count). The minimum atomic E-state index is -0.844. The Morgan fingerprint density at radius 2 is 2.04 bits per heavy atom. The normalized spacial score (nSPS) is 24.0. The molecule has 146 valence electrons. The number of carboxylic acid groups (broad SMARTS) is 1. The summed E-state index contributed by atoms with van der Waals surface area (Å²) in [6, 6.07) is 7.34. The van der Waals surface area contributed by atoms with Crippen LogP contribution in [-0.2, 0) is 14.4 Å². The number of hydrogen-bond donors (Lipinski definition) is 2. The van der Waals surface area contributed by atoms with Crippen molar-refractivity contribution in [2.75, 3.05) is 24.5 Å². The van der Waals surface area contributed by atoms with E-state index < -0.39 is 12.1 Å². The van der Waals surface area contributed by atoms with E-state index in [9.17, 15) is 14.4 Å². The van der Waals surface area contributed by atoms with Crippen molar-refractivity contribution in [1.29, 1.82) is 0 Å². The van der Waals surface area contributed by atoms with Gasteiger partial charge in [0, 0.05) is 12.1 Å². The van der Waals surface area contributed by atoms with Crippen molar-refractivity contribution in [3.05, 3.63) is 24.3 Å². The zero-order chi connectivity index (χ0) is 19.6. The molecular formula is C19H25N3O5. The maximum absolute atomic E-state index is 12.4. The van der Waals surface area contributed by atoms with E-state index in [1.54, 1.807) is 25.1 Å². The number of anilines is 1. The van der Waals surface area contributed by atoms with Crippen LogP contribution in [0.1, 0.15) is 26.7 Å². The van der Waals surface area contributed by atoms with E-state index in [2.05, 4.69) is 5.32 Å².